The lowest BCUT2D eigenvalue weighted by Gasteiger charge is -1.73. The van der Waals surface area contributed by atoms with Crippen LogP contribution in [0.2, 0.25) is 0 Å². The molecule has 0 unspecified atom stereocenters. The van der Waals surface area contributed by atoms with E-state index in [0.717, 1.165) is 6.92 Å². The number of amides is 2. The van der Waals surface area contributed by atoms with E-state index in [1.54, 1.807) is 0 Å². The molecule has 0 aromatic rings. The SMILES string of the molecule is CC(=O)C(=O)O.NC(N)=O. The predicted octanol–water partition coefficient (Wildman–Crippen LogP) is -1.32. The number of rotatable bonds is 1. The van der Waals surface area contributed by atoms with Gasteiger partial charge in [0.05, 0.1) is 0 Å². The number of hydrogen-bond donors (Lipinski definition) is 3. The van der Waals surface area contributed by atoms with E-state index in [1.807, 2.05) is 0 Å². The molecule has 0 atom stereocenters. The minimum absolute atomic E-state index is 0.824. The second-order valence-electron chi connectivity index (χ2n) is 1.26. The van der Waals surface area contributed by atoms with Gasteiger partial charge in [-0.1, -0.05) is 0 Å². The number of carboxylic acids is 1. The van der Waals surface area contributed by atoms with Gasteiger partial charge in [-0.25, -0.2) is 9.59 Å². The fourth-order valence-corrected chi connectivity index (χ4v) is 0. The number of hydrogen-bond acceptors (Lipinski definition) is 3. The monoisotopic (exact) mass is 148 g/mol. The molecular weight excluding hydrogens is 140 g/mol. The largest absolute Gasteiger partial charge is 0.476 e. The predicted molar refractivity (Wildman–Crippen MR) is 32.1 cm³/mol. The normalized spacial score (nSPS) is 6.90. The number of Topliss-reactive ketones (excluding diaryl/α,β-unsaturated/α-hetero) is 1. The Kier molecular flexibility index (Phi) is 6.23. The van der Waals surface area contributed by atoms with E-state index in [1.165, 1.54) is 0 Å². The fourth-order valence-electron chi connectivity index (χ4n) is 0. The number of carbonyl (C=O) groups is 3. The van der Waals surface area contributed by atoms with Crippen molar-refractivity contribution in [3.63, 3.8) is 0 Å². The van der Waals surface area contributed by atoms with Crippen LogP contribution in [0.4, 0.5) is 4.79 Å². The summed E-state index contributed by atoms with van der Waals surface area (Å²) in [4.78, 5) is 27.9. The number of urea groups is 1. The Labute approximate surface area is 56.8 Å². The molecule has 0 fully saturated rings. The van der Waals surface area contributed by atoms with Crippen LogP contribution in [0, 0.1) is 0 Å². The van der Waals surface area contributed by atoms with Crippen LogP contribution in [0.25, 0.3) is 0 Å². The number of carbonyl (C=O) groups excluding carboxylic acids is 2. The minimum Gasteiger partial charge on any atom is -0.476 e. The van der Waals surface area contributed by atoms with Gasteiger partial charge in [0.2, 0.25) is 5.78 Å². The van der Waals surface area contributed by atoms with Crippen molar-refractivity contribution >= 4 is 17.8 Å². The first-order chi connectivity index (χ1) is 4.37. The molecule has 0 aromatic carbocycles. The lowest BCUT2D eigenvalue weighted by Crippen LogP contribution is -2.18. The van der Waals surface area contributed by atoms with Gasteiger partial charge in [0.25, 0.3) is 0 Å². The molecule has 0 heterocycles. The Bertz CT molecular complexity index is 137. The highest BCUT2D eigenvalue weighted by molar-refractivity contribution is 6.31. The van der Waals surface area contributed by atoms with E-state index < -0.39 is 17.8 Å². The molecule has 0 aliphatic carbocycles. The van der Waals surface area contributed by atoms with Gasteiger partial charge in [-0.05, 0) is 0 Å². The summed E-state index contributed by atoms with van der Waals surface area (Å²) in [6.07, 6.45) is 0. The molecule has 0 saturated heterocycles. The number of primary amides is 2. The van der Waals surface area contributed by atoms with E-state index in [4.69, 9.17) is 9.90 Å². The molecule has 0 aliphatic heterocycles. The van der Waals surface area contributed by atoms with Crippen LogP contribution in [-0.4, -0.2) is 22.9 Å². The van der Waals surface area contributed by atoms with Crippen LogP contribution < -0.4 is 11.5 Å². The van der Waals surface area contributed by atoms with Crippen molar-refractivity contribution in [3.05, 3.63) is 0 Å². The standard InChI is InChI=1S/C3H4O3.CH4N2O/c1-2(4)3(5)6;2-1(3)4/h1H3,(H,5,6);(H4,2,3,4). The summed E-state index contributed by atoms with van der Waals surface area (Å²) in [6, 6.07) is -0.833. The minimum atomic E-state index is -1.38. The molecule has 6 heteroatoms. The van der Waals surface area contributed by atoms with Crippen LogP contribution in [0.5, 0.6) is 0 Å². The summed E-state index contributed by atoms with van der Waals surface area (Å²) < 4.78 is 0. The van der Waals surface area contributed by atoms with Crippen molar-refractivity contribution < 1.29 is 19.5 Å². The average molecular weight is 148 g/mol. The van der Waals surface area contributed by atoms with E-state index in [-0.39, 0.29) is 0 Å². The molecule has 0 spiro atoms. The van der Waals surface area contributed by atoms with Gasteiger partial charge in [0, 0.05) is 6.92 Å². The van der Waals surface area contributed by atoms with Crippen LogP contribution in [-0.2, 0) is 9.59 Å². The molecule has 0 aromatic heterocycles. The van der Waals surface area contributed by atoms with Crippen molar-refractivity contribution in [1.82, 2.24) is 0 Å². The molecule has 2 amide bonds. The third-order valence-corrected chi connectivity index (χ3v) is 0.301. The summed E-state index contributed by atoms with van der Waals surface area (Å²) in [6.45, 7) is 1.00. The first kappa shape index (κ1) is 11.2. The Balaban J connectivity index is 0. The molecule has 0 radical (unpaired) electrons. The van der Waals surface area contributed by atoms with Crippen molar-refractivity contribution in [2.24, 2.45) is 11.5 Å². The molecule has 0 bridgehead atoms. The number of carboxylic acid groups (broad SMARTS) is 1. The highest BCUT2D eigenvalue weighted by Crippen LogP contribution is 1.61. The smallest absolute Gasteiger partial charge is 0.371 e. The maximum Gasteiger partial charge on any atom is 0.371 e. The first-order valence-corrected chi connectivity index (χ1v) is 2.16. The molecule has 5 N–H and O–H groups in total. The van der Waals surface area contributed by atoms with Crippen LogP contribution in [0.3, 0.4) is 0 Å². The number of ketones is 1. The van der Waals surface area contributed by atoms with Gasteiger partial charge in [-0.15, -0.1) is 0 Å². The van der Waals surface area contributed by atoms with Gasteiger partial charge >= 0.3 is 12.0 Å². The molecule has 10 heavy (non-hydrogen) atoms. The maximum absolute atomic E-state index is 9.54. The van der Waals surface area contributed by atoms with Gasteiger partial charge in [0.1, 0.15) is 0 Å². The molecular formula is C4H8N2O4. The van der Waals surface area contributed by atoms with E-state index >= 15 is 0 Å². The molecule has 0 saturated carbocycles. The van der Waals surface area contributed by atoms with Crippen molar-refractivity contribution in [2.45, 2.75) is 6.92 Å². The second kappa shape index (κ2) is 5.54. The maximum atomic E-state index is 9.54. The second-order valence-corrected chi connectivity index (χ2v) is 1.26. The van der Waals surface area contributed by atoms with Crippen molar-refractivity contribution in [1.29, 1.82) is 0 Å². The average Bonchev–Trinajstić information content (AvgIpc) is 1.63. The molecule has 0 aliphatic rings. The third-order valence-electron chi connectivity index (χ3n) is 0.301. The Hall–Kier alpha value is -1.59. The molecule has 6 nitrogen and oxygen atoms in total. The summed E-state index contributed by atoms with van der Waals surface area (Å²) in [7, 11) is 0. The summed E-state index contributed by atoms with van der Waals surface area (Å²) >= 11 is 0. The quantitative estimate of drug-likeness (QED) is 0.399. The summed E-state index contributed by atoms with van der Waals surface area (Å²) in [5, 5.41) is 7.64. The van der Waals surface area contributed by atoms with Crippen molar-refractivity contribution in [3.8, 4) is 0 Å². The van der Waals surface area contributed by atoms with E-state index in [0.29, 0.717) is 0 Å². The van der Waals surface area contributed by atoms with Crippen LogP contribution >= 0.6 is 0 Å². The molecule has 58 valence electrons. The van der Waals surface area contributed by atoms with E-state index in [9.17, 15) is 9.59 Å². The number of nitrogens with two attached hydrogens (primary N) is 2. The lowest BCUT2D eigenvalue weighted by molar-refractivity contribution is -0.148. The highest BCUT2D eigenvalue weighted by atomic mass is 16.4. The Morgan fingerprint density at radius 1 is 1.20 bits per heavy atom. The Morgan fingerprint density at radius 3 is 1.30 bits per heavy atom. The van der Waals surface area contributed by atoms with Gasteiger partial charge in [0.15, 0.2) is 0 Å². The highest BCUT2D eigenvalue weighted by Gasteiger charge is 1.98. The fraction of sp³-hybridized carbons (Fsp3) is 0.250. The number of aliphatic carboxylic acids is 1. The molecule has 0 rings (SSSR count). The first-order valence-electron chi connectivity index (χ1n) is 2.16. The van der Waals surface area contributed by atoms with Crippen LogP contribution in [0.15, 0.2) is 0 Å². The third kappa shape index (κ3) is 32.3. The zero-order valence-electron chi connectivity index (χ0n) is 5.33. The lowest BCUT2D eigenvalue weighted by atomic mass is 10.5. The summed E-state index contributed by atoms with van der Waals surface area (Å²) in [5.41, 5.74) is 8.50. The van der Waals surface area contributed by atoms with Gasteiger partial charge < -0.3 is 16.6 Å². The topological polar surface area (TPSA) is 123 Å². The van der Waals surface area contributed by atoms with Crippen molar-refractivity contribution in [2.75, 3.05) is 0 Å². The van der Waals surface area contributed by atoms with Gasteiger partial charge in [-0.2, -0.15) is 0 Å². The Morgan fingerprint density at radius 2 is 1.30 bits per heavy atom. The summed E-state index contributed by atoms with van der Waals surface area (Å²) in [5.74, 6) is -2.20. The van der Waals surface area contributed by atoms with E-state index in [2.05, 4.69) is 11.5 Å². The zero-order chi connectivity index (χ0) is 8.73. The zero-order valence-corrected chi connectivity index (χ0v) is 5.33. The van der Waals surface area contributed by atoms with Crippen LogP contribution in [0.1, 0.15) is 6.92 Å². The van der Waals surface area contributed by atoms with Gasteiger partial charge in [-0.3, -0.25) is 4.79 Å².